The molecule has 0 aliphatic carbocycles. The molecule has 3 aromatic rings. The van der Waals surface area contributed by atoms with Crippen LogP contribution < -0.4 is 10.6 Å². The van der Waals surface area contributed by atoms with Crippen LogP contribution in [0.4, 0.5) is 15.1 Å². The van der Waals surface area contributed by atoms with Gasteiger partial charge in [-0.15, -0.1) is 10.2 Å². The fraction of sp³-hybridized carbons (Fsp3) is 0.300. The van der Waals surface area contributed by atoms with Crippen LogP contribution in [0.15, 0.2) is 43.0 Å². The van der Waals surface area contributed by atoms with E-state index in [1.807, 2.05) is 0 Å². The second-order valence-electron chi connectivity index (χ2n) is 6.76. The van der Waals surface area contributed by atoms with Crippen molar-refractivity contribution in [1.29, 1.82) is 0 Å². The summed E-state index contributed by atoms with van der Waals surface area (Å²) >= 11 is 0. The fourth-order valence-electron chi connectivity index (χ4n) is 3.13. The average Bonchev–Trinajstić information content (AvgIpc) is 2.81. The maximum absolute atomic E-state index is 14.3. The number of hydrogen-bond donors (Lipinski definition) is 2. The van der Waals surface area contributed by atoms with Crippen molar-refractivity contribution in [3.8, 4) is 22.5 Å². The highest BCUT2D eigenvalue weighted by atomic mass is 19.1. The number of pyridine rings is 2. The smallest absolute Gasteiger partial charge is 0.321 e. The number of aromatic nitrogens is 5. The quantitative estimate of drug-likeness (QED) is 0.613. The number of nitrogens with zero attached hydrogens (tertiary/aromatic N) is 6. The molecule has 0 saturated carbocycles. The third-order valence-corrected chi connectivity index (χ3v) is 4.69. The molecule has 31 heavy (non-hydrogen) atoms. The van der Waals surface area contributed by atoms with Crippen molar-refractivity contribution in [2.24, 2.45) is 0 Å². The van der Waals surface area contributed by atoms with E-state index in [0.29, 0.717) is 31.0 Å². The number of morpholine rings is 1. The molecular formula is C20H21FN8O2. The van der Waals surface area contributed by atoms with E-state index in [9.17, 15) is 9.18 Å². The maximum Gasteiger partial charge on any atom is 0.321 e. The van der Waals surface area contributed by atoms with Crippen LogP contribution in [0.3, 0.4) is 0 Å². The molecule has 0 unspecified atom stereocenters. The second-order valence-corrected chi connectivity index (χ2v) is 6.76. The Balaban J connectivity index is 1.50. The van der Waals surface area contributed by atoms with Gasteiger partial charge in [0.15, 0.2) is 5.82 Å². The highest BCUT2D eigenvalue weighted by molar-refractivity contribution is 5.88. The summed E-state index contributed by atoms with van der Waals surface area (Å²) in [5.41, 5.74) is 1.39. The van der Waals surface area contributed by atoms with Gasteiger partial charge >= 0.3 is 6.03 Å². The first-order chi connectivity index (χ1) is 15.2. The number of hydrogen-bond acceptors (Lipinski definition) is 8. The van der Waals surface area contributed by atoms with E-state index in [0.717, 1.165) is 25.8 Å². The summed E-state index contributed by atoms with van der Waals surface area (Å²) in [4.78, 5) is 26.7. The van der Waals surface area contributed by atoms with Crippen molar-refractivity contribution in [3.05, 3.63) is 48.8 Å². The largest absolute Gasteiger partial charge is 0.379 e. The average molecular weight is 424 g/mol. The molecule has 1 saturated heterocycles. The molecule has 0 spiro atoms. The first-order valence-corrected chi connectivity index (χ1v) is 9.80. The number of amides is 2. The summed E-state index contributed by atoms with van der Waals surface area (Å²) in [6.07, 6.45) is 5.75. The molecule has 4 rings (SSSR count). The van der Waals surface area contributed by atoms with Gasteiger partial charge in [-0.3, -0.25) is 20.2 Å². The van der Waals surface area contributed by atoms with E-state index in [1.54, 1.807) is 24.5 Å². The van der Waals surface area contributed by atoms with Crippen molar-refractivity contribution < 1.29 is 13.9 Å². The molecule has 0 bridgehead atoms. The summed E-state index contributed by atoms with van der Waals surface area (Å²) in [5, 5.41) is 13.4. The normalized spacial score (nSPS) is 14.2. The van der Waals surface area contributed by atoms with E-state index in [2.05, 4.69) is 40.7 Å². The Labute approximate surface area is 177 Å². The van der Waals surface area contributed by atoms with Gasteiger partial charge in [-0.25, -0.2) is 14.2 Å². The number of carbonyl (C=O) groups is 1. The summed E-state index contributed by atoms with van der Waals surface area (Å²) in [6, 6.07) is 4.54. The molecule has 3 aromatic heterocycles. The van der Waals surface area contributed by atoms with Crippen molar-refractivity contribution in [1.82, 2.24) is 35.4 Å². The Morgan fingerprint density at radius 3 is 2.71 bits per heavy atom. The van der Waals surface area contributed by atoms with Crippen LogP contribution in [-0.4, -0.2) is 75.5 Å². The summed E-state index contributed by atoms with van der Waals surface area (Å²) in [6.45, 7) is 4.28. The molecule has 2 N–H and O–H groups in total. The molecule has 160 valence electrons. The number of nitrogens with one attached hydrogen (secondary N) is 2. The molecule has 1 aliphatic heterocycles. The Morgan fingerprint density at radius 1 is 1.10 bits per heavy atom. The number of halogens is 1. The Hall–Kier alpha value is -3.57. The lowest BCUT2D eigenvalue weighted by Crippen LogP contribution is -2.42. The first-order valence-electron chi connectivity index (χ1n) is 9.80. The second kappa shape index (κ2) is 9.96. The van der Waals surface area contributed by atoms with Gasteiger partial charge in [0, 0.05) is 55.9 Å². The summed E-state index contributed by atoms with van der Waals surface area (Å²) in [5.74, 6) is -0.550. The van der Waals surface area contributed by atoms with Crippen LogP contribution in [0.2, 0.25) is 0 Å². The molecule has 1 aliphatic rings. The Kier molecular flexibility index (Phi) is 6.65. The predicted octanol–water partition coefficient (Wildman–Crippen LogP) is 1.59. The van der Waals surface area contributed by atoms with Crippen LogP contribution in [0.5, 0.6) is 0 Å². The zero-order valence-electron chi connectivity index (χ0n) is 16.7. The van der Waals surface area contributed by atoms with Gasteiger partial charge in [0.2, 0.25) is 0 Å². The summed E-state index contributed by atoms with van der Waals surface area (Å²) in [7, 11) is 0. The third kappa shape index (κ3) is 5.32. The number of anilines is 1. The molecule has 0 atom stereocenters. The molecule has 2 amide bonds. The third-order valence-electron chi connectivity index (χ3n) is 4.69. The standard InChI is InChI=1S/C20H21FN8O2/c21-16-13-23-5-3-15(16)18-17(14-2-1-4-22-12-14)25-19(28-27-18)26-20(30)24-6-7-29-8-10-31-11-9-29/h1-5,12-13H,6-11H2,(H2,24,25,26,28,30). The molecular weight excluding hydrogens is 403 g/mol. The van der Waals surface area contributed by atoms with Gasteiger partial charge in [0.25, 0.3) is 5.95 Å². The fourth-order valence-corrected chi connectivity index (χ4v) is 3.13. The van der Waals surface area contributed by atoms with Crippen LogP contribution in [-0.2, 0) is 4.74 Å². The van der Waals surface area contributed by atoms with Gasteiger partial charge in [-0.1, -0.05) is 0 Å². The maximum atomic E-state index is 14.3. The zero-order chi connectivity index (χ0) is 21.5. The topological polar surface area (TPSA) is 118 Å². The van der Waals surface area contributed by atoms with Crippen LogP contribution >= 0.6 is 0 Å². The van der Waals surface area contributed by atoms with Crippen LogP contribution in [0, 0.1) is 5.82 Å². The van der Waals surface area contributed by atoms with Gasteiger partial charge in [-0.2, -0.15) is 0 Å². The van der Waals surface area contributed by atoms with Gasteiger partial charge in [0.1, 0.15) is 11.4 Å². The van der Waals surface area contributed by atoms with E-state index in [4.69, 9.17) is 4.74 Å². The lowest BCUT2D eigenvalue weighted by Gasteiger charge is -2.26. The minimum absolute atomic E-state index is 0.000870. The summed E-state index contributed by atoms with van der Waals surface area (Å²) < 4.78 is 19.6. The van der Waals surface area contributed by atoms with Gasteiger partial charge in [0.05, 0.1) is 19.4 Å². The Morgan fingerprint density at radius 2 is 1.94 bits per heavy atom. The molecule has 0 aromatic carbocycles. The molecule has 0 radical (unpaired) electrons. The molecule has 4 heterocycles. The van der Waals surface area contributed by atoms with E-state index in [1.165, 1.54) is 12.3 Å². The minimum atomic E-state index is -0.551. The number of ether oxygens (including phenoxy) is 1. The lowest BCUT2D eigenvalue weighted by molar-refractivity contribution is 0.0388. The number of carbonyl (C=O) groups excluding carboxylic acids is 1. The van der Waals surface area contributed by atoms with Gasteiger partial charge in [-0.05, 0) is 18.2 Å². The number of rotatable bonds is 6. The predicted molar refractivity (Wildman–Crippen MR) is 111 cm³/mol. The first kappa shape index (κ1) is 20.7. The Bertz CT molecular complexity index is 1030. The SMILES string of the molecule is O=C(NCCN1CCOCC1)Nc1nnc(-c2ccncc2F)c(-c2cccnc2)n1. The van der Waals surface area contributed by atoms with Crippen LogP contribution in [0.1, 0.15) is 0 Å². The lowest BCUT2D eigenvalue weighted by atomic mass is 10.1. The van der Waals surface area contributed by atoms with E-state index < -0.39 is 11.8 Å². The van der Waals surface area contributed by atoms with Crippen molar-refractivity contribution in [2.45, 2.75) is 0 Å². The highest BCUT2D eigenvalue weighted by Crippen LogP contribution is 2.29. The number of urea groups is 1. The van der Waals surface area contributed by atoms with E-state index >= 15 is 0 Å². The monoisotopic (exact) mass is 424 g/mol. The van der Waals surface area contributed by atoms with Gasteiger partial charge < -0.3 is 10.1 Å². The van der Waals surface area contributed by atoms with Crippen molar-refractivity contribution in [2.75, 3.05) is 44.7 Å². The van der Waals surface area contributed by atoms with Crippen molar-refractivity contribution >= 4 is 12.0 Å². The molecule has 1 fully saturated rings. The molecule has 10 nitrogen and oxygen atoms in total. The highest BCUT2D eigenvalue weighted by Gasteiger charge is 2.18. The zero-order valence-corrected chi connectivity index (χ0v) is 16.7. The van der Waals surface area contributed by atoms with Crippen molar-refractivity contribution in [3.63, 3.8) is 0 Å². The van der Waals surface area contributed by atoms with Crippen LogP contribution in [0.25, 0.3) is 22.5 Å². The minimum Gasteiger partial charge on any atom is -0.379 e. The molecule has 11 heteroatoms. The van der Waals surface area contributed by atoms with E-state index in [-0.39, 0.29) is 17.2 Å².